The fourth-order valence-corrected chi connectivity index (χ4v) is 5.67. The first-order chi connectivity index (χ1) is 8.81. The number of nitrogens with one attached hydrogen (secondary N) is 2. The highest BCUT2D eigenvalue weighted by atomic mass is 79.9. The number of hydrogen-bond acceptors (Lipinski definition) is 4. The molecule has 19 heavy (non-hydrogen) atoms. The average Bonchev–Trinajstić information content (AvgIpc) is 2.70. The van der Waals surface area contributed by atoms with Gasteiger partial charge in [0.05, 0.1) is 3.79 Å². The molecule has 1 rings (SSSR count). The Morgan fingerprint density at radius 1 is 1.42 bits per heavy atom. The minimum atomic E-state index is -3.46. The molecule has 1 heterocycles. The van der Waals surface area contributed by atoms with Crippen LogP contribution in [0.4, 0.5) is 0 Å². The van der Waals surface area contributed by atoms with Crippen LogP contribution in [0.1, 0.15) is 32.1 Å². The Hall–Kier alpha value is 0.0500. The second-order valence-electron chi connectivity index (χ2n) is 4.68. The summed E-state index contributed by atoms with van der Waals surface area (Å²) in [5, 5.41) is 3.02. The van der Waals surface area contributed by atoms with Crippen molar-refractivity contribution in [2.75, 3.05) is 7.05 Å². The number of thiophene rings is 1. The van der Waals surface area contributed by atoms with E-state index in [0.29, 0.717) is 21.1 Å². The van der Waals surface area contributed by atoms with Crippen molar-refractivity contribution in [3.05, 3.63) is 14.7 Å². The Morgan fingerprint density at radius 2 is 2.05 bits per heavy atom. The van der Waals surface area contributed by atoms with Crippen molar-refractivity contribution >= 4 is 37.3 Å². The van der Waals surface area contributed by atoms with E-state index in [1.165, 1.54) is 11.3 Å². The second kappa shape index (κ2) is 7.17. The molecule has 2 unspecified atom stereocenters. The maximum Gasteiger partial charge on any atom is 0.242 e. The van der Waals surface area contributed by atoms with E-state index in [9.17, 15) is 8.42 Å². The van der Waals surface area contributed by atoms with Gasteiger partial charge < -0.3 is 5.32 Å². The van der Waals surface area contributed by atoms with Gasteiger partial charge in [-0.1, -0.05) is 20.3 Å². The smallest absolute Gasteiger partial charge is 0.242 e. The van der Waals surface area contributed by atoms with E-state index in [-0.39, 0.29) is 6.04 Å². The van der Waals surface area contributed by atoms with Crippen molar-refractivity contribution in [3.8, 4) is 0 Å². The number of halogens is 1. The lowest BCUT2D eigenvalue weighted by Gasteiger charge is -2.19. The van der Waals surface area contributed by atoms with Crippen molar-refractivity contribution in [1.29, 1.82) is 0 Å². The monoisotopic (exact) mass is 368 g/mol. The molecule has 1 aromatic heterocycles. The van der Waals surface area contributed by atoms with Crippen LogP contribution < -0.4 is 10.0 Å². The molecule has 1 aromatic rings. The maximum absolute atomic E-state index is 12.3. The van der Waals surface area contributed by atoms with Crippen LogP contribution in [0.3, 0.4) is 0 Å². The maximum atomic E-state index is 12.3. The topological polar surface area (TPSA) is 58.2 Å². The third-order valence-corrected chi connectivity index (χ3v) is 7.00. The summed E-state index contributed by atoms with van der Waals surface area (Å²) in [6.07, 6.45) is 0.944. The summed E-state index contributed by atoms with van der Waals surface area (Å²) >= 11 is 4.78. The van der Waals surface area contributed by atoms with Gasteiger partial charge in [-0.05, 0) is 41.9 Å². The summed E-state index contributed by atoms with van der Waals surface area (Å²) in [5.74, 6) is 0.309. The summed E-state index contributed by atoms with van der Waals surface area (Å²) in [5.41, 5.74) is 0. The van der Waals surface area contributed by atoms with Crippen molar-refractivity contribution in [1.82, 2.24) is 10.0 Å². The van der Waals surface area contributed by atoms with E-state index in [1.807, 2.05) is 20.9 Å². The third-order valence-electron chi connectivity index (χ3n) is 3.19. The quantitative estimate of drug-likeness (QED) is 0.777. The van der Waals surface area contributed by atoms with Crippen LogP contribution in [-0.2, 0) is 16.6 Å². The standard InChI is InChI=1S/C12H21BrN2O2S2/c1-5-8(2)9(3)15-19(16,17)11-6-10(7-14-4)18-12(11)13/h6,8-9,14-15H,5,7H2,1-4H3. The third kappa shape index (κ3) is 4.53. The van der Waals surface area contributed by atoms with Crippen LogP contribution >= 0.6 is 27.3 Å². The van der Waals surface area contributed by atoms with Gasteiger partial charge >= 0.3 is 0 Å². The zero-order valence-corrected chi connectivity index (χ0v) is 14.9. The lowest BCUT2D eigenvalue weighted by atomic mass is 10.0. The van der Waals surface area contributed by atoms with Gasteiger partial charge in [0.2, 0.25) is 10.0 Å². The summed E-state index contributed by atoms with van der Waals surface area (Å²) in [7, 11) is -1.62. The minimum Gasteiger partial charge on any atom is -0.315 e. The minimum absolute atomic E-state index is 0.0745. The highest BCUT2D eigenvalue weighted by Crippen LogP contribution is 2.32. The highest BCUT2D eigenvalue weighted by Gasteiger charge is 2.24. The average molecular weight is 369 g/mol. The van der Waals surface area contributed by atoms with E-state index in [0.717, 1.165) is 11.3 Å². The molecule has 0 aliphatic heterocycles. The Bertz CT molecular complexity index is 514. The van der Waals surface area contributed by atoms with Gasteiger partial charge in [0.1, 0.15) is 4.90 Å². The summed E-state index contributed by atoms with van der Waals surface area (Å²) in [6.45, 7) is 6.67. The molecule has 0 fully saturated rings. The van der Waals surface area contributed by atoms with Gasteiger partial charge in [0.25, 0.3) is 0 Å². The van der Waals surface area contributed by atoms with E-state index < -0.39 is 10.0 Å². The molecule has 0 saturated heterocycles. The first-order valence-corrected chi connectivity index (χ1v) is 9.36. The number of sulfonamides is 1. The molecule has 0 aliphatic rings. The molecule has 0 spiro atoms. The van der Waals surface area contributed by atoms with E-state index in [1.54, 1.807) is 6.07 Å². The molecule has 0 amide bonds. The molecule has 7 heteroatoms. The van der Waals surface area contributed by atoms with Gasteiger partial charge in [0, 0.05) is 17.5 Å². The number of rotatable bonds is 7. The fourth-order valence-electron chi connectivity index (χ4n) is 1.62. The van der Waals surface area contributed by atoms with Crippen LogP contribution in [0.15, 0.2) is 14.7 Å². The Kier molecular flexibility index (Phi) is 6.46. The summed E-state index contributed by atoms with van der Waals surface area (Å²) in [4.78, 5) is 1.32. The van der Waals surface area contributed by atoms with Crippen LogP contribution in [0.2, 0.25) is 0 Å². The predicted molar refractivity (Wildman–Crippen MR) is 84.0 cm³/mol. The lowest BCUT2D eigenvalue weighted by molar-refractivity contribution is 0.434. The molecule has 0 bridgehead atoms. The second-order valence-corrected chi connectivity index (χ2v) is 8.81. The predicted octanol–water partition coefficient (Wildman–Crippen LogP) is 2.94. The highest BCUT2D eigenvalue weighted by molar-refractivity contribution is 9.11. The summed E-state index contributed by atoms with van der Waals surface area (Å²) in [6, 6.07) is 1.64. The Morgan fingerprint density at radius 3 is 2.58 bits per heavy atom. The molecule has 0 aliphatic carbocycles. The van der Waals surface area contributed by atoms with Crippen molar-refractivity contribution in [2.24, 2.45) is 5.92 Å². The van der Waals surface area contributed by atoms with E-state index in [2.05, 4.69) is 32.9 Å². The first kappa shape index (κ1) is 17.1. The molecule has 2 N–H and O–H groups in total. The molecular weight excluding hydrogens is 348 g/mol. The molecule has 0 aromatic carbocycles. The van der Waals surface area contributed by atoms with E-state index in [4.69, 9.17) is 0 Å². The normalized spacial score (nSPS) is 15.4. The van der Waals surface area contributed by atoms with Crippen LogP contribution in [-0.4, -0.2) is 21.5 Å². The molecule has 0 radical (unpaired) electrons. The van der Waals surface area contributed by atoms with Gasteiger partial charge in [0.15, 0.2) is 0 Å². The zero-order chi connectivity index (χ0) is 14.6. The van der Waals surface area contributed by atoms with Gasteiger partial charge in [-0.25, -0.2) is 13.1 Å². The Balaban J connectivity index is 2.94. The molecular formula is C12H21BrN2O2S2. The van der Waals surface area contributed by atoms with Gasteiger partial charge in [-0.2, -0.15) is 0 Å². The van der Waals surface area contributed by atoms with Gasteiger partial charge in [-0.3, -0.25) is 0 Å². The fraction of sp³-hybridized carbons (Fsp3) is 0.667. The molecule has 110 valence electrons. The van der Waals surface area contributed by atoms with E-state index >= 15 is 0 Å². The summed E-state index contributed by atoms with van der Waals surface area (Å²) < 4.78 is 28.1. The molecule has 2 atom stereocenters. The van der Waals surface area contributed by atoms with Crippen molar-refractivity contribution < 1.29 is 8.42 Å². The zero-order valence-electron chi connectivity index (χ0n) is 11.7. The SMILES string of the molecule is CCC(C)C(C)NS(=O)(=O)c1cc(CNC)sc1Br. The molecule has 4 nitrogen and oxygen atoms in total. The molecule has 0 saturated carbocycles. The van der Waals surface area contributed by atoms with Crippen LogP contribution in [0.25, 0.3) is 0 Å². The van der Waals surface area contributed by atoms with Crippen molar-refractivity contribution in [2.45, 2.75) is 44.7 Å². The Labute approximate surface area is 128 Å². The van der Waals surface area contributed by atoms with Gasteiger partial charge in [-0.15, -0.1) is 11.3 Å². The largest absolute Gasteiger partial charge is 0.315 e. The lowest BCUT2D eigenvalue weighted by Crippen LogP contribution is -2.36. The van der Waals surface area contributed by atoms with Crippen LogP contribution in [0, 0.1) is 5.92 Å². The van der Waals surface area contributed by atoms with Crippen LogP contribution in [0.5, 0.6) is 0 Å². The van der Waals surface area contributed by atoms with Crippen molar-refractivity contribution in [3.63, 3.8) is 0 Å². The number of hydrogen-bond donors (Lipinski definition) is 2. The first-order valence-electron chi connectivity index (χ1n) is 6.27.